The number of rotatable bonds is 8. The lowest BCUT2D eigenvalue weighted by atomic mass is 10.1. The summed E-state index contributed by atoms with van der Waals surface area (Å²) in [6.45, 7) is 0. The number of nitrogens with one attached hydrogen (secondary N) is 1. The van der Waals surface area contributed by atoms with E-state index in [-0.39, 0.29) is 17.4 Å². The molecule has 5 nitrogen and oxygen atoms in total. The summed E-state index contributed by atoms with van der Waals surface area (Å²) in [4.78, 5) is 26.0. The van der Waals surface area contributed by atoms with Crippen LogP contribution >= 0.6 is 35.0 Å². The van der Waals surface area contributed by atoms with E-state index in [2.05, 4.69) is 5.32 Å². The molecule has 3 aromatic rings. The smallest absolute Gasteiger partial charge is 0.263 e. The number of thioether (sulfide) groups is 1. The molecule has 0 bridgehead atoms. The molecule has 0 heterocycles. The maximum absolute atomic E-state index is 12.7. The molecule has 8 heteroatoms. The normalized spacial score (nSPS) is 10.5. The lowest BCUT2D eigenvalue weighted by Gasteiger charge is -2.13. The van der Waals surface area contributed by atoms with Gasteiger partial charge < -0.3 is 14.8 Å². The van der Waals surface area contributed by atoms with Crippen LogP contribution < -0.4 is 14.8 Å². The zero-order chi connectivity index (χ0) is 22.4. The number of methoxy groups -OCH3 is 2. The SMILES string of the molecule is COc1cccc(OC)c1C(=O)Nc1ccc(SCC(=O)c2ccc(Cl)c(Cl)c2)cc1. The van der Waals surface area contributed by atoms with Crippen LogP contribution in [0, 0.1) is 0 Å². The standard InChI is InChI=1S/C23H19Cl2NO4S/c1-29-20-4-3-5-21(30-2)22(20)23(28)26-15-7-9-16(10-8-15)31-13-19(27)14-6-11-17(24)18(25)12-14/h3-12H,13H2,1-2H3,(H,26,28). The molecule has 0 aliphatic rings. The molecule has 0 saturated carbocycles. The third kappa shape index (κ3) is 5.73. The Morgan fingerprint density at radius 2 is 1.55 bits per heavy atom. The fourth-order valence-corrected chi connectivity index (χ4v) is 3.90. The molecule has 31 heavy (non-hydrogen) atoms. The van der Waals surface area contributed by atoms with E-state index in [0.29, 0.717) is 38.4 Å². The second-order valence-corrected chi connectivity index (χ2v) is 8.22. The molecule has 160 valence electrons. The number of carbonyl (C=O) groups excluding carboxylic acids is 2. The summed E-state index contributed by atoms with van der Waals surface area (Å²) in [5.74, 6) is 0.700. The van der Waals surface area contributed by atoms with Gasteiger partial charge in [-0.25, -0.2) is 0 Å². The predicted molar refractivity (Wildman–Crippen MR) is 125 cm³/mol. The summed E-state index contributed by atoms with van der Waals surface area (Å²) >= 11 is 13.3. The van der Waals surface area contributed by atoms with Gasteiger partial charge in [0.1, 0.15) is 17.1 Å². The molecule has 0 aliphatic carbocycles. The molecular formula is C23H19Cl2NO4S. The molecule has 0 unspecified atom stereocenters. The van der Waals surface area contributed by atoms with Crippen LogP contribution in [0.5, 0.6) is 11.5 Å². The van der Waals surface area contributed by atoms with Gasteiger partial charge >= 0.3 is 0 Å². The van der Waals surface area contributed by atoms with E-state index < -0.39 is 0 Å². The van der Waals surface area contributed by atoms with Gasteiger partial charge in [0.2, 0.25) is 0 Å². The van der Waals surface area contributed by atoms with Crippen molar-refractivity contribution in [3.8, 4) is 11.5 Å². The number of anilines is 1. The second kappa shape index (κ2) is 10.6. The number of Topliss-reactive ketones (excluding diaryl/α,β-unsaturated/α-hetero) is 1. The second-order valence-electron chi connectivity index (χ2n) is 6.36. The van der Waals surface area contributed by atoms with E-state index in [1.165, 1.54) is 26.0 Å². The minimum Gasteiger partial charge on any atom is -0.496 e. The van der Waals surface area contributed by atoms with Crippen molar-refractivity contribution in [3.05, 3.63) is 81.8 Å². The number of benzene rings is 3. The number of ketones is 1. The summed E-state index contributed by atoms with van der Waals surface area (Å²) in [6, 6.07) is 17.2. The summed E-state index contributed by atoms with van der Waals surface area (Å²) in [5.41, 5.74) is 1.44. The Balaban J connectivity index is 1.63. The highest BCUT2D eigenvalue weighted by molar-refractivity contribution is 8.00. The molecule has 0 aromatic heterocycles. The van der Waals surface area contributed by atoms with E-state index in [1.54, 1.807) is 48.5 Å². The van der Waals surface area contributed by atoms with Crippen LogP contribution in [0.1, 0.15) is 20.7 Å². The first-order chi connectivity index (χ1) is 14.9. The molecule has 0 spiro atoms. The number of ether oxygens (including phenoxy) is 2. The van der Waals surface area contributed by atoms with Crippen molar-refractivity contribution >= 4 is 52.3 Å². The Morgan fingerprint density at radius 3 is 2.13 bits per heavy atom. The van der Waals surface area contributed by atoms with Crippen molar-refractivity contribution in [2.24, 2.45) is 0 Å². The molecule has 3 rings (SSSR count). The first-order valence-corrected chi connectivity index (χ1v) is 10.9. The Morgan fingerprint density at radius 1 is 0.903 bits per heavy atom. The average Bonchev–Trinajstić information content (AvgIpc) is 2.79. The monoisotopic (exact) mass is 475 g/mol. The van der Waals surface area contributed by atoms with Gasteiger partial charge in [0.15, 0.2) is 5.78 Å². The Bertz CT molecular complexity index is 1080. The Kier molecular flexibility index (Phi) is 7.85. The fourth-order valence-electron chi connectivity index (χ4n) is 2.80. The van der Waals surface area contributed by atoms with Crippen LogP contribution in [0.2, 0.25) is 10.0 Å². The quantitative estimate of drug-likeness (QED) is 0.308. The van der Waals surface area contributed by atoms with Crippen LogP contribution in [-0.2, 0) is 0 Å². The molecule has 0 aliphatic heterocycles. The van der Waals surface area contributed by atoms with Gasteiger partial charge in [0.25, 0.3) is 5.91 Å². The summed E-state index contributed by atoms with van der Waals surface area (Å²) in [7, 11) is 2.99. The number of hydrogen-bond donors (Lipinski definition) is 1. The third-order valence-corrected chi connectivity index (χ3v) is 6.13. The topological polar surface area (TPSA) is 64.6 Å². The summed E-state index contributed by atoms with van der Waals surface area (Å²) in [5, 5.41) is 3.60. The van der Waals surface area contributed by atoms with E-state index in [1.807, 2.05) is 12.1 Å². The molecule has 3 aromatic carbocycles. The Labute approximate surface area is 194 Å². The zero-order valence-corrected chi connectivity index (χ0v) is 19.1. The molecule has 0 radical (unpaired) electrons. The van der Waals surface area contributed by atoms with Crippen molar-refractivity contribution in [1.82, 2.24) is 0 Å². The van der Waals surface area contributed by atoms with E-state index in [0.717, 1.165) is 4.90 Å². The van der Waals surface area contributed by atoms with Gasteiger partial charge in [-0.1, -0.05) is 29.3 Å². The maximum atomic E-state index is 12.7. The average molecular weight is 476 g/mol. The first-order valence-electron chi connectivity index (χ1n) is 9.16. The molecule has 0 saturated heterocycles. The highest BCUT2D eigenvalue weighted by Crippen LogP contribution is 2.30. The van der Waals surface area contributed by atoms with E-state index in [4.69, 9.17) is 32.7 Å². The number of amides is 1. The van der Waals surface area contributed by atoms with E-state index in [9.17, 15) is 9.59 Å². The molecular weight excluding hydrogens is 457 g/mol. The van der Waals surface area contributed by atoms with Crippen molar-refractivity contribution in [2.75, 3.05) is 25.3 Å². The summed E-state index contributed by atoms with van der Waals surface area (Å²) in [6.07, 6.45) is 0. The van der Waals surface area contributed by atoms with Gasteiger partial charge in [-0.05, 0) is 54.6 Å². The van der Waals surface area contributed by atoms with Gasteiger partial charge in [-0.3, -0.25) is 9.59 Å². The van der Waals surface area contributed by atoms with Crippen LogP contribution in [0.3, 0.4) is 0 Å². The highest BCUT2D eigenvalue weighted by atomic mass is 35.5. The maximum Gasteiger partial charge on any atom is 0.263 e. The number of hydrogen-bond acceptors (Lipinski definition) is 5. The van der Waals surface area contributed by atoms with Crippen LogP contribution in [0.25, 0.3) is 0 Å². The van der Waals surface area contributed by atoms with Crippen LogP contribution in [-0.4, -0.2) is 31.7 Å². The number of carbonyl (C=O) groups is 2. The van der Waals surface area contributed by atoms with Gasteiger partial charge in [-0.15, -0.1) is 11.8 Å². The lowest BCUT2D eigenvalue weighted by Crippen LogP contribution is -2.14. The van der Waals surface area contributed by atoms with E-state index >= 15 is 0 Å². The molecule has 1 N–H and O–H groups in total. The highest BCUT2D eigenvalue weighted by Gasteiger charge is 2.18. The Hall–Kier alpha value is -2.67. The molecule has 1 amide bonds. The van der Waals surface area contributed by atoms with Gasteiger partial charge in [0.05, 0.1) is 30.0 Å². The minimum absolute atomic E-state index is 0.0517. The largest absolute Gasteiger partial charge is 0.496 e. The summed E-state index contributed by atoms with van der Waals surface area (Å²) < 4.78 is 10.6. The van der Waals surface area contributed by atoms with Gasteiger partial charge in [-0.2, -0.15) is 0 Å². The first kappa shape index (κ1) is 23.0. The minimum atomic E-state index is -0.343. The molecule has 0 atom stereocenters. The van der Waals surface area contributed by atoms with Crippen LogP contribution in [0.15, 0.2) is 65.6 Å². The van der Waals surface area contributed by atoms with Gasteiger partial charge in [0, 0.05) is 16.1 Å². The fraction of sp³-hybridized carbons (Fsp3) is 0.130. The van der Waals surface area contributed by atoms with Crippen molar-refractivity contribution < 1.29 is 19.1 Å². The van der Waals surface area contributed by atoms with Crippen molar-refractivity contribution in [1.29, 1.82) is 0 Å². The lowest BCUT2D eigenvalue weighted by molar-refractivity contribution is 0.101. The zero-order valence-electron chi connectivity index (χ0n) is 16.8. The van der Waals surface area contributed by atoms with Crippen LogP contribution in [0.4, 0.5) is 5.69 Å². The van der Waals surface area contributed by atoms with Crippen molar-refractivity contribution in [3.63, 3.8) is 0 Å². The van der Waals surface area contributed by atoms with Crippen molar-refractivity contribution in [2.45, 2.75) is 4.90 Å². The predicted octanol–water partition coefficient (Wildman–Crippen LogP) is 6.24. The third-order valence-electron chi connectivity index (χ3n) is 4.38. The number of halogens is 2. The molecule has 0 fully saturated rings.